The third-order valence-corrected chi connectivity index (χ3v) is 3.35. The molecule has 120 valence electrons. The van der Waals surface area contributed by atoms with Gasteiger partial charge < -0.3 is 0 Å². The van der Waals surface area contributed by atoms with Crippen molar-refractivity contribution in [3.8, 4) is 0 Å². The summed E-state index contributed by atoms with van der Waals surface area (Å²) in [5, 5.41) is 2.95. The Morgan fingerprint density at radius 1 is 0.826 bits per heavy atom. The Labute approximate surface area is 137 Å². The van der Waals surface area contributed by atoms with E-state index in [1.807, 2.05) is 57.2 Å². The molecule has 2 aromatic carbocycles. The summed E-state index contributed by atoms with van der Waals surface area (Å²) in [6.07, 6.45) is 0. The summed E-state index contributed by atoms with van der Waals surface area (Å²) in [5.41, 5.74) is 0.824. The molecule has 0 fully saturated rings. The van der Waals surface area contributed by atoms with Gasteiger partial charge in [-0.1, -0.05) is 36.4 Å². The Kier molecular flexibility index (Phi) is 4.84. The summed E-state index contributed by atoms with van der Waals surface area (Å²) in [5.74, 6) is -0.658. The van der Waals surface area contributed by atoms with Crippen LogP contribution >= 0.6 is 0 Å². The number of anilines is 1. The minimum atomic E-state index is -0.447. The number of para-hydroxylation sites is 1. The summed E-state index contributed by atoms with van der Waals surface area (Å²) in [6.45, 7) is 7.30. The van der Waals surface area contributed by atoms with Crippen molar-refractivity contribution in [1.29, 1.82) is 0 Å². The molecule has 2 aromatic rings. The van der Waals surface area contributed by atoms with Crippen LogP contribution in [0.15, 0.2) is 60.7 Å². The van der Waals surface area contributed by atoms with Crippen LogP contribution in [0.2, 0.25) is 0 Å². The number of carbonyl (C=O) groups is 2. The average Bonchev–Trinajstić information content (AvgIpc) is 2.52. The average molecular weight is 310 g/mol. The van der Waals surface area contributed by atoms with Crippen LogP contribution < -0.4 is 5.01 Å². The molecule has 0 atom stereocenters. The quantitative estimate of drug-likeness (QED) is 0.807. The number of hydrazine groups is 1. The maximum atomic E-state index is 12.9. The maximum Gasteiger partial charge on any atom is 0.279 e. The van der Waals surface area contributed by atoms with E-state index in [1.165, 1.54) is 11.9 Å². The van der Waals surface area contributed by atoms with Gasteiger partial charge in [0.2, 0.25) is 5.91 Å². The Hall–Kier alpha value is -2.62. The van der Waals surface area contributed by atoms with E-state index < -0.39 is 5.54 Å². The second-order valence-corrected chi connectivity index (χ2v) is 6.32. The van der Waals surface area contributed by atoms with Gasteiger partial charge in [0.25, 0.3) is 5.91 Å². The van der Waals surface area contributed by atoms with Crippen molar-refractivity contribution >= 4 is 17.5 Å². The van der Waals surface area contributed by atoms with Crippen LogP contribution in [0.5, 0.6) is 0 Å². The lowest BCUT2D eigenvalue weighted by molar-refractivity contribution is -0.127. The molecule has 4 nitrogen and oxygen atoms in total. The molecular weight excluding hydrogens is 288 g/mol. The fraction of sp³-hybridized carbons (Fsp3) is 0.263. The first-order chi connectivity index (χ1) is 10.8. The van der Waals surface area contributed by atoms with E-state index in [0.29, 0.717) is 5.56 Å². The molecule has 0 aromatic heterocycles. The van der Waals surface area contributed by atoms with Crippen LogP contribution in [0.3, 0.4) is 0 Å². The molecule has 0 aliphatic carbocycles. The predicted octanol–water partition coefficient (Wildman–Crippen LogP) is 3.90. The van der Waals surface area contributed by atoms with Crippen molar-refractivity contribution in [1.82, 2.24) is 5.01 Å². The summed E-state index contributed by atoms with van der Waals surface area (Å²) in [4.78, 5) is 25.2. The number of amides is 2. The lowest BCUT2D eigenvalue weighted by atomic mass is 10.1. The molecule has 0 bridgehead atoms. The highest BCUT2D eigenvalue weighted by Crippen LogP contribution is 2.27. The molecule has 4 heteroatoms. The lowest BCUT2D eigenvalue weighted by Gasteiger charge is -2.43. The highest BCUT2D eigenvalue weighted by molar-refractivity contribution is 6.05. The van der Waals surface area contributed by atoms with Gasteiger partial charge in [0.15, 0.2) is 0 Å². The Morgan fingerprint density at radius 3 is 1.74 bits per heavy atom. The zero-order chi connectivity index (χ0) is 17.0. The first-order valence-corrected chi connectivity index (χ1v) is 7.57. The Balaban J connectivity index is 2.52. The van der Waals surface area contributed by atoms with E-state index in [2.05, 4.69) is 0 Å². The molecule has 0 saturated heterocycles. The van der Waals surface area contributed by atoms with Gasteiger partial charge >= 0.3 is 0 Å². The molecular formula is C19H22N2O2. The first-order valence-electron chi connectivity index (χ1n) is 7.57. The van der Waals surface area contributed by atoms with E-state index >= 15 is 0 Å². The van der Waals surface area contributed by atoms with Gasteiger partial charge in [-0.15, -0.1) is 0 Å². The van der Waals surface area contributed by atoms with Crippen molar-refractivity contribution in [3.63, 3.8) is 0 Å². The zero-order valence-corrected chi connectivity index (χ0v) is 14.0. The molecule has 0 heterocycles. The van der Waals surface area contributed by atoms with Crippen LogP contribution in [0.4, 0.5) is 5.69 Å². The van der Waals surface area contributed by atoms with Gasteiger partial charge in [0, 0.05) is 12.5 Å². The van der Waals surface area contributed by atoms with E-state index in [0.717, 1.165) is 5.69 Å². The fourth-order valence-electron chi connectivity index (χ4n) is 2.45. The molecule has 0 radical (unpaired) electrons. The van der Waals surface area contributed by atoms with Gasteiger partial charge in [0.1, 0.15) is 0 Å². The number of nitrogens with zero attached hydrogens (tertiary/aromatic N) is 2. The van der Waals surface area contributed by atoms with Crippen molar-refractivity contribution in [2.45, 2.75) is 33.2 Å². The van der Waals surface area contributed by atoms with Crippen LogP contribution in [-0.4, -0.2) is 22.4 Å². The topological polar surface area (TPSA) is 40.6 Å². The molecule has 23 heavy (non-hydrogen) atoms. The Bertz CT molecular complexity index is 676. The molecule has 0 spiro atoms. The van der Waals surface area contributed by atoms with Crippen LogP contribution in [0.25, 0.3) is 0 Å². The van der Waals surface area contributed by atoms with Crippen molar-refractivity contribution in [3.05, 3.63) is 66.2 Å². The van der Waals surface area contributed by atoms with Gasteiger partial charge in [-0.25, -0.2) is 0 Å². The van der Waals surface area contributed by atoms with Crippen LogP contribution in [0.1, 0.15) is 38.1 Å². The maximum absolute atomic E-state index is 12.9. The lowest BCUT2D eigenvalue weighted by Crippen LogP contribution is -2.57. The van der Waals surface area contributed by atoms with Crippen LogP contribution in [0, 0.1) is 0 Å². The minimum absolute atomic E-state index is 0.322. The molecule has 0 aliphatic heterocycles. The molecule has 0 aliphatic rings. The number of hydrogen-bond donors (Lipinski definition) is 0. The highest BCUT2D eigenvalue weighted by atomic mass is 16.2. The number of carbonyl (C=O) groups excluding carboxylic acids is 2. The number of imide groups is 1. The zero-order valence-electron chi connectivity index (χ0n) is 14.0. The number of rotatable bonds is 3. The van der Waals surface area contributed by atoms with E-state index in [4.69, 9.17) is 0 Å². The number of hydrogen-bond acceptors (Lipinski definition) is 3. The number of benzene rings is 2. The monoisotopic (exact) mass is 310 g/mol. The van der Waals surface area contributed by atoms with Gasteiger partial charge in [-0.3, -0.25) is 14.6 Å². The minimum Gasteiger partial charge on any atom is -0.273 e. The summed E-state index contributed by atoms with van der Waals surface area (Å²) in [6, 6.07) is 18.3. The third kappa shape index (κ3) is 3.77. The molecule has 0 saturated carbocycles. The van der Waals surface area contributed by atoms with Crippen LogP contribution in [-0.2, 0) is 4.79 Å². The normalized spacial score (nSPS) is 11.0. The summed E-state index contributed by atoms with van der Waals surface area (Å²) in [7, 11) is 0. The van der Waals surface area contributed by atoms with E-state index in [1.54, 1.807) is 29.3 Å². The van der Waals surface area contributed by atoms with Gasteiger partial charge in [-0.2, -0.15) is 5.01 Å². The fourth-order valence-corrected chi connectivity index (χ4v) is 2.45. The second-order valence-electron chi connectivity index (χ2n) is 6.32. The molecule has 2 rings (SSSR count). The standard InChI is InChI=1S/C19H22N2O2/c1-15(22)20(18(23)16-11-7-5-8-12-16)21(19(2,3)4)17-13-9-6-10-14-17/h5-14H,1-4H3. The van der Waals surface area contributed by atoms with Gasteiger partial charge in [-0.05, 0) is 45.0 Å². The van der Waals surface area contributed by atoms with Crippen molar-refractivity contribution in [2.75, 3.05) is 5.01 Å². The third-order valence-electron chi connectivity index (χ3n) is 3.35. The second kappa shape index (κ2) is 6.65. The highest BCUT2D eigenvalue weighted by Gasteiger charge is 2.34. The molecule has 0 unspecified atom stereocenters. The Morgan fingerprint density at radius 2 is 1.30 bits per heavy atom. The van der Waals surface area contributed by atoms with Crippen molar-refractivity contribution in [2.24, 2.45) is 0 Å². The molecule has 0 N–H and O–H groups in total. The summed E-state index contributed by atoms with van der Waals surface area (Å²) < 4.78 is 0. The molecule has 2 amide bonds. The van der Waals surface area contributed by atoms with Gasteiger partial charge in [0.05, 0.1) is 11.2 Å². The smallest absolute Gasteiger partial charge is 0.273 e. The van der Waals surface area contributed by atoms with E-state index in [-0.39, 0.29) is 11.8 Å². The summed E-state index contributed by atoms with van der Waals surface area (Å²) >= 11 is 0. The van der Waals surface area contributed by atoms with E-state index in [9.17, 15) is 9.59 Å². The predicted molar refractivity (Wildman–Crippen MR) is 92.0 cm³/mol. The SMILES string of the molecule is CC(=O)N(C(=O)c1ccccc1)N(c1ccccc1)C(C)(C)C. The van der Waals surface area contributed by atoms with Crippen molar-refractivity contribution < 1.29 is 9.59 Å². The largest absolute Gasteiger partial charge is 0.279 e. The first kappa shape index (κ1) is 16.7.